The summed E-state index contributed by atoms with van der Waals surface area (Å²) in [5.41, 5.74) is -2.44. The Labute approximate surface area is 260 Å². The predicted octanol–water partition coefficient (Wildman–Crippen LogP) is 5.89. The van der Waals surface area contributed by atoms with Crippen molar-refractivity contribution in [2.45, 2.75) is 71.7 Å². The van der Waals surface area contributed by atoms with Crippen LogP contribution in [0.1, 0.15) is 75.9 Å². The highest BCUT2D eigenvalue weighted by Gasteiger charge is 2.70. The van der Waals surface area contributed by atoms with E-state index in [9.17, 15) is 23.9 Å². The lowest BCUT2D eigenvalue weighted by molar-refractivity contribution is -0.257. The monoisotopic (exact) mass is 619 g/mol. The minimum Gasteiger partial charge on any atom is -0.482 e. The molecule has 1 aliphatic heterocycles. The summed E-state index contributed by atoms with van der Waals surface area (Å²) < 4.78 is 38.0. The van der Waals surface area contributed by atoms with Crippen LogP contribution in [-0.4, -0.2) is 40.3 Å². The van der Waals surface area contributed by atoms with Crippen LogP contribution in [-0.2, 0) is 14.3 Å². The molecular formula is C35H38FNO8. The van der Waals surface area contributed by atoms with E-state index >= 15 is 0 Å². The first kappa shape index (κ1) is 31.0. The smallest absolute Gasteiger partial charge is 0.345 e. The van der Waals surface area contributed by atoms with E-state index in [0.717, 1.165) is 6.42 Å². The van der Waals surface area contributed by atoms with Crippen molar-refractivity contribution in [3.05, 3.63) is 82.2 Å². The number of hydrogen-bond donors (Lipinski definition) is 1. The number of halogens is 1. The van der Waals surface area contributed by atoms with E-state index in [1.165, 1.54) is 31.2 Å². The molecule has 1 N–H and O–H groups in total. The summed E-state index contributed by atoms with van der Waals surface area (Å²) in [5, 5.41) is 12.2. The molecule has 3 aromatic rings. The zero-order valence-electron chi connectivity index (χ0n) is 26.0. The van der Waals surface area contributed by atoms with Gasteiger partial charge in [-0.25, -0.2) is 14.0 Å². The van der Waals surface area contributed by atoms with Gasteiger partial charge in [-0.2, -0.15) is 0 Å². The van der Waals surface area contributed by atoms with Crippen LogP contribution in [0, 0.1) is 34.4 Å². The van der Waals surface area contributed by atoms with Gasteiger partial charge < -0.3 is 23.7 Å². The Kier molecular flexibility index (Phi) is 7.62. The van der Waals surface area contributed by atoms with Crippen molar-refractivity contribution in [2.75, 3.05) is 6.61 Å². The van der Waals surface area contributed by atoms with E-state index in [0.29, 0.717) is 18.4 Å². The molecule has 4 unspecified atom stereocenters. The van der Waals surface area contributed by atoms with Crippen LogP contribution in [0.5, 0.6) is 5.75 Å². The molecule has 10 heteroatoms. The van der Waals surface area contributed by atoms with Gasteiger partial charge in [0.1, 0.15) is 34.6 Å². The van der Waals surface area contributed by atoms with E-state index in [1.807, 2.05) is 6.92 Å². The molecular weight excluding hydrogens is 581 g/mol. The zero-order chi connectivity index (χ0) is 32.3. The van der Waals surface area contributed by atoms with Crippen molar-refractivity contribution in [1.29, 1.82) is 0 Å². The topological polar surface area (TPSA) is 125 Å². The van der Waals surface area contributed by atoms with Gasteiger partial charge in [0.25, 0.3) is 0 Å². The van der Waals surface area contributed by atoms with Gasteiger partial charge in [-0.05, 0) is 79.8 Å². The van der Waals surface area contributed by atoms with Crippen molar-refractivity contribution >= 4 is 11.9 Å². The Bertz CT molecular complexity index is 1680. The molecule has 2 saturated carbocycles. The van der Waals surface area contributed by atoms with Crippen LogP contribution >= 0.6 is 0 Å². The minimum atomic E-state index is -1.32. The normalized spacial score (nSPS) is 33.5. The van der Waals surface area contributed by atoms with Crippen LogP contribution < -0.4 is 10.4 Å². The number of rotatable bonds is 5. The first-order valence-corrected chi connectivity index (χ1v) is 15.3. The second kappa shape index (κ2) is 11.1. The van der Waals surface area contributed by atoms with E-state index in [4.69, 9.17) is 18.6 Å². The third-order valence-corrected chi connectivity index (χ3v) is 11.0. The van der Waals surface area contributed by atoms with Crippen molar-refractivity contribution in [3.63, 3.8) is 0 Å². The number of benzene rings is 1. The zero-order valence-corrected chi connectivity index (χ0v) is 26.0. The number of esters is 2. The number of carbonyl (C=O) groups is 2. The molecule has 2 aliphatic carbocycles. The molecule has 6 rings (SSSR count). The molecule has 3 heterocycles. The number of hydrogen-bond acceptors (Lipinski definition) is 9. The molecule has 9 nitrogen and oxygen atoms in total. The Morgan fingerprint density at radius 2 is 1.89 bits per heavy atom. The molecule has 0 radical (unpaired) electrons. The lowest BCUT2D eigenvalue weighted by atomic mass is 9.41. The van der Waals surface area contributed by atoms with Crippen LogP contribution in [0.3, 0.4) is 0 Å². The molecule has 0 spiro atoms. The highest BCUT2D eigenvalue weighted by molar-refractivity contribution is 5.89. The van der Waals surface area contributed by atoms with Crippen molar-refractivity contribution < 1.29 is 37.7 Å². The van der Waals surface area contributed by atoms with Crippen molar-refractivity contribution in [3.8, 4) is 17.1 Å². The molecule has 238 valence electrons. The van der Waals surface area contributed by atoms with Gasteiger partial charge in [0.15, 0.2) is 0 Å². The van der Waals surface area contributed by atoms with Gasteiger partial charge in [0, 0.05) is 42.3 Å². The van der Waals surface area contributed by atoms with E-state index in [-0.39, 0.29) is 41.1 Å². The molecule has 8 atom stereocenters. The Morgan fingerprint density at radius 1 is 1.16 bits per heavy atom. The first-order chi connectivity index (χ1) is 21.3. The predicted molar refractivity (Wildman–Crippen MR) is 161 cm³/mol. The summed E-state index contributed by atoms with van der Waals surface area (Å²) in [7, 11) is 0. The van der Waals surface area contributed by atoms with Gasteiger partial charge in [-0.1, -0.05) is 20.8 Å². The van der Waals surface area contributed by atoms with Gasteiger partial charge >= 0.3 is 17.6 Å². The number of nitrogens with zero attached hydrogens (tertiary/aromatic N) is 1. The maximum absolute atomic E-state index is 13.7. The van der Waals surface area contributed by atoms with Crippen molar-refractivity contribution in [2.24, 2.45) is 28.6 Å². The first-order valence-electron chi connectivity index (χ1n) is 15.3. The number of aliphatic hydroxyl groups is 1. The molecule has 3 aliphatic rings. The van der Waals surface area contributed by atoms with Crippen LogP contribution in [0.25, 0.3) is 11.3 Å². The number of carbonyl (C=O) groups excluding carboxylic acids is 2. The van der Waals surface area contributed by atoms with Gasteiger partial charge in [-0.3, -0.25) is 9.78 Å². The second-order valence-corrected chi connectivity index (χ2v) is 13.5. The van der Waals surface area contributed by atoms with Crippen LogP contribution in [0.15, 0.2) is 64.1 Å². The molecule has 0 bridgehead atoms. The fourth-order valence-electron chi connectivity index (χ4n) is 8.48. The lowest BCUT2D eigenvalue weighted by Gasteiger charge is -2.66. The van der Waals surface area contributed by atoms with Crippen LogP contribution in [0.2, 0.25) is 0 Å². The van der Waals surface area contributed by atoms with Gasteiger partial charge in [-0.15, -0.1) is 0 Å². The van der Waals surface area contributed by atoms with E-state index < -0.39 is 57.9 Å². The summed E-state index contributed by atoms with van der Waals surface area (Å²) in [5.74, 6) is -1.96. The molecule has 1 aromatic carbocycles. The number of aromatic nitrogens is 1. The van der Waals surface area contributed by atoms with E-state index in [2.05, 4.69) is 25.8 Å². The SMILES string of the molecule is CC(=O)OCC1(C)C2C[C@H](OC(=O)c3ccc(F)cc3)[C@@]3(C)Oc4cc(-c5cccnc5)oc(=O)c4C(O)C3[C@@]2(C)CC[C@@H]1C. The summed E-state index contributed by atoms with van der Waals surface area (Å²) in [6, 6.07) is 10.1. The Morgan fingerprint density at radius 3 is 2.56 bits per heavy atom. The fourth-order valence-corrected chi connectivity index (χ4v) is 8.48. The third kappa shape index (κ3) is 5.03. The number of pyridine rings is 1. The summed E-state index contributed by atoms with van der Waals surface area (Å²) >= 11 is 0. The largest absolute Gasteiger partial charge is 0.482 e. The second-order valence-electron chi connectivity index (χ2n) is 13.5. The number of aliphatic hydroxyl groups excluding tert-OH is 1. The van der Waals surface area contributed by atoms with Crippen LogP contribution in [0.4, 0.5) is 4.39 Å². The maximum atomic E-state index is 13.7. The highest BCUT2D eigenvalue weighted by Crippen LogP contribution is 2.68. The molecule has 0 amide bonds. The summed E-state index contributed by atoms with van der Waals surface area (Å²) in [6.07, 6.45) is 2.78. The molecule has 0 saturated heterocycles. The molecule has 2 aromatic heterocycles. The van der Waals surface area contributed by atoms with Crippen molar-refractivity contribution in [1.82, 2.24) is 4.98 Å². The molecule has 45 heavy (non-hydrogen) atoms. The van der Waals surface area contributed by atoms with Gasteiger partial charge in [0.2, 0.25) is 0 Å². The Hall–Kier alpha value is -4.05. The summed E-state index contributed by atoms with van der Waals surface area (Å²) in [4.78, 5) is 43.2. The quantitative estimate of drug-likeness (QED) is 0.348. The minimum absolute atomic E-state index is 0.0101. The Balaban J connectivity index is 1.49. The average Bonchev–Trinajstić information content (AvgIpc) is 2.99. The highest BCUT2D eigenvalue weighted by atomic mass is 19.1. The maximum Gasteiger partial charge on any atom is 0.345 e. The van der Waals surface area contributed by atoms with Gasteiger partial charge in [0.05, 0.1) is 18.3 Å². The van der Waals surface area contributed by atoms with E-state index in [1.54, 1.807) is 30.6 Å². The number of ether oxygens (including phenoxy) is 3. The summed E-state index contributed by atoms with van der Waals surface area (Å²) in [6.45, 7) is 9.61. The fraction of sp³-hybridized carbons (Fsp3) is 0.486. The standard InChI is InChI=1S/C35H38FNO8/c1-19-12-13-33(3)26(34(19,4)18-42-20(2)38)16-27(44-31(40)21-8-10-23(36)11-9-21)35(5)30(33)29(39)28-25(45-35)15-24(43-32(28)41)22-7-6-14-37-17-22/h6-11,14-15,17,19,26-27,29-30,39H,12-13,16,18H2,1-5H3/t19-,26?,27-,29?,30?,33-,34?,35+/m0/s1. The lowest BCUT2D eigenvalue weighted by Crippen LogP contribution is -2.70. The molecule has 2 fully saturated rings. The average molecular weight is 620 g/mol. The third-order valence-electron chi connectivity index (χ3n) is 11.0. The number of fused-ring (bicyclic) bond motifs is 4.